The molecule has 0 saturated heterocycles. The molecule has 3 aromatic heterocycles. The third-order valence-electron chi connectivity index (χ3n) is 2.93. The Bertz CT molecular complexity index is 718. The summed E-state index contributed by atoms with van der Waals surface area (Å²) in [6, 6.07) is 6.06. The van der Waals surface area contributed by atoms with Crippen molar-refractivity contribution in [1.29, 1.82) is 0 Å². The molecule has 0 atom stereocenters. The highest BCUT2D eigenvalue weighted by molar-refractivity contribution is 7.19. The lowest BCUT2D eigenvalue weighted by Crippen LogP contribution is -2.00. The summed E-state index contributed by atoms with van der Waals surface area (Å²) in [5, 5.41) is 4.68. The second-order valence-corrected chi connectivity index (χ2v) is 6.38. The molecule has 3 heterocycles. The highest BCUT2D eigenvalue weighted by atomic mass is 35.5. The van der Waals surface area contributed by atoms with Gasteiger partial charge in [0.15, 0.2) is 0 Å². The second-order valence-electron chi connectivity index (χ2n) is 4.66. The average Bonchev–Trinajstić information content (AvgIpc) is 3.05. The van der Waals surface area contributed by atoms with Crippen LogP contribution in [0.2, 0.25) is 4.34 Å². The van der Waals surface area contributed by atoms with Crippen LogP contribution in [0.25, 0.3) is 21.8 Å². The van der Waals surface area contributed by atoms with Gasteiger partial charge < -0.3 is 0 Å². The van der Waals surface area contributed by atoms with Crippen molar-refractivity contribution in [3.05, 3.63) is 41.3 Å². The van der Waals surface area contributed by atoms with Crippen molar-refractivity contribution in [3.8, 4) is 21.8 Å². The maximum Gasteiger partial charge on any atom is 0.116 e. The van der Waals surface area contributed by atoms with Crippen LogP contribution in [0.3, 0.4) is 0 Å². The number of halogens is 1. The van der Waals surface area contributed by atoms with Crippen molar-refractivity contribution in [2.24, 2.45) is 0 Å². The van der Waals surface area contributed by atoms with E-state index in [1.54, 1.807) is 12.5 Å². The van der Waals surface area contributed by atoms with E-state index in [-0.39, 0.29) is 0 Å². The van der Waals surface area contributed by atoms with E-state index in [0.717, 1.165) is 26.2 Å². The van der Waals surface area contributed by atoms with Crippen LogP contribution in [0.15, 0.2) is 36.9 Å². The van der Waals surface area contributed by atoms with E-state index in [0.29, 0.717) is 6.04 Å². The zero-order valence-corrected chi connectivity index (χ0v) is 12.7. The molecular weight excluding hydrogens is 292 g/mol. The summed E-state index contributed by atoms with van der Waals surface area (Å²) in [4.78, 5) is 9.33. The van der Waals surface area contributed by atoms with E-state index in [2.05, 4.69) is 28.9 Å². The molecule has 4 nitrogen and oxygen atoms in total. The Morgan fingerprint density at radius 2 is 2.10 bits per heavy atom. The molecule has 0 N–H and O–H groups in total. The Balaban J connectivity index is 2.17. The number of rotatable bonds is 3. The number of thiophene rings is 1. The lowest BCUT2D eigenvalue weighted by molar-refractivity contribution is 0.534. The first-order valence-electron chi connectivity index (χ1n) is 6.26. The van der Waals surface area contributed by atoms with Crippen LogP contribution in [0.5, 0.6) is 0 Å². The fraction of sp³-hybridized carbons (Fsp3) is 0.214. The van der Waals surface area contributed by atoms with E-state index in [1.807, 2.05) is 29.1 Å². The zero-order chi connectivity index (χ0) is 14.1. The minimum Gasteiger partial charge on any atom is -0.269 e. The number of nitrogens with zero attached hydrogens (tertiary/aromatic N) is 4. The predicted octanol–water partition coefficient (Wildman–Crippen LogP) is 4.30. The maximum absolute atomic E-state index is 6.04. The van der Waals surface area contributed by atoms with Crippen molar-refractivity contribution in [2.75, 3.05) is 0 Å². The second kappa shape index (κ2) is 5.34. The van der Waals surface area contributed by atoms with E-state index < -0.39 is 0 Å². The van der Waals surface area contributed by atoms with E-state index in [9.17, 15) is 0 Å². The van der Waals surface area contributed by atoms with Gasteiger partial charge in [0.1, 0.15) is 12.0 Å². The fourth-order valence-corrected chi connectivity index (χ4v) is 2.96. The van der Waals surface area contributed by atoms with Crippen LogP contribution >= 0.6 is 22.9 Å². The molecule has 6 heteroatoms. The molecule has 3 rings (SSSR count). The van der Waals surface area contributed by atoms with Gasteiger partial charge in [0.25, 0.3) is 0 Å². The Labute approximate surface area is 126 Å². The van der Waals surface area contributed by atoms with Crippen LogP contribution in [0, 0.1) is 0 Å². The van der Waals surface area contributed by atoms with E-state index in [1.165, 1.54) is 11.3 Å². The first-order valence-corrected chi connectivity index (χ1v) is 7.46. The molecule has 0 bridgehead atoms. The van der Waals surface area contributed by atoms with Crippen LogP contribution in [-0.2, 0) is 0 Å². The standard InChI is InChI=1S/C14H13ClN4S/c1-9(2)19-7-10(11-5-6-16-8-17-11)14(18-19)12-3-4-13(15)20-12/h3-9H,1-2H3. The van der Waals surface area contributed by atoms with Gasteiger partial charge in [0.2, 0.25) is 0 Å². The first-order chi connectivity index (χ1) is 9.65. The molecule has 0 aliphatic carbocycles. The van der Waals surface area contributed by atoms with Gasteiger partial charge >= 0.3 is 0 Å². The fourth-order valence-electron chi connectivity index (χ4n) is 1.92. The molecule has 20 heavy (non-hydrogen) atoms. The summed E-state index contributed by atoms with van der Waals surface area (Å²) < 4.78 is 2.70. The maximum atomic E-state index is 6.04. The lowest BCUT2D eigenvalue weighted by atomic mass is 10.1. The van der Waals surface area contributed by atoms with E-state index in [4.69, 9.17) is 11.6 Å². The Morgan fingerprint density at radius 1 is 1.25 bits per heavy atom. The van der Waals surface area contributed by atoms with Crippen LogP contribution in [0.1, 0.15) is 19.9 Å². The van der Waals surface area contributed by atoms with Crippen molar-refractivity contribution in [2.45, 2.75) is 19.9 Å². The minimum atomic E-state index is 0.291. The van der Waals surface area contributed by atoms with E-state index >= 15 is 0 Å². The van der Waals surface area contributed by atoms with Crippen LogP contribution in [0.4, 0.5) is 0 Å². The van der Waals surface area contributed by atoms with Crippen molar-refractivity contribution < 1.29 is 0 Å². The minimum absolute atomic E-state index is 0.291. The Hall–Kier alpha value is -1.72. The number of hydrogen-bond acceptors (Lipinski definition) is 4. The van der Waals surface area contributed by atoms with Gasteiger partial charge in [-0.2, -0.15) is 5.10 Å². The molecule has 0 saturated carbocycles. The highest BCUT2D eigenvalue weighted by Gasteiger charge is 2.16. The van der Waals surface area contributed by atoms with Gasteiger partial charge in [-0.15, -0.1) is 11.3 Å². The van der Waals surface area contributed by atoms with Crippen molar-refractivity contribution in [1.82, 2.24) is 19.7 Å². The summed E-state index contributed by atoms with van der Waals surface area (Å²) >= 11 is 7.56. The smallest absolute Gasteiger partial charge is 0.116 e. The lowest BCUT2D eigenvalue weighted by Gasteiger charge is -2.02. The van der Waals surface area contributed by atoms with Gasteiger partial charge in [-0.05, 0) is 32.0 Å². The summed E-state index contributed by atoms with van der Waals surface area (Å²) in [7, 11) is 0. The van der Waals surface area contributed by atoms with Crippen molar-refractivity contribution >= 4 is 22.9 Å². The van der Waals surface area contributed by atoms with Crippen LogP contribution < -0.4 is 0 Å². The van der Waals surface area contributed by atoms with Gasteiger partial charge in [0.05, 0.1) is 14.9 Å². The molecule has 0 aliphatic heterocycles. The molecule has 0 unspecified atom stereocenters. The third kappa shape index (κ3) is 2.46. The largest absolute Gasteiger partial charge is 0.269 e. The summed E-state index contributed by atoms with van der Waals surface area (Å²) in [6.07, 6.45) is 5.31. The Morgan fingerprint density at radius 3 is 2.70 bits per heavy atom. The van der Waals surface area contributed by atoms with Gasteiger partial charge in [0, 0.05) is 24.0 Å². The number of aromatic nitrogens is 4. The summed E-state index contributed by atoms with van der Waals surface area (Å²) in [5.41, 5.74) is 2.78. The number of hydrogen-bond donors (Lipinski definition) is 0. The van der Waals surface area contributed by atoms with Crippen LogP contribution in [-0.4, -0.2) is 19.7 Å². The van der Waals surface area contributed by atoms with Gasteiger partial charge in [-0.3, -0.25) is 4.68 Å². The molecule has 3 aromatic rings. The van der Waals surface area contributed by atoms with Crippen molar-refractivity contribution in [3.63, 3.8) is 0 Å². The molecule has 102 valence electrons. The third-order valence-corrected chi connectivity index (χ3v) is 4.16. The highest BCUT2D eigenvalue weighted by Crippen LogP contribution is 2.36. The summed E-state index contributed by atoms with van der Waals surface area (Å²) in [6.45, 7) is 4.20. The molecular formula is C14H13ClN4S. The monoisotopic (exact) mass is 304 g/mol. The quantitative estimate of drug-likeness (QED) is 0.724. The predicted molar refractivity (Wildman–Crippen MR) is 82.0 cm³/mol. The molecule has 0 spiro atoms. The topological polar surface area (TPSA) is 43.6 Å². The molecule has 0 aliphatic rings. The Kier molecular flexibility index (Phi) is 3.54. The molecule has 0 fully saturated rings. The first kappa shape index (κ1) is 13.3. The van der Waals surface area contributed by atoms with Gasteiger partial charge in [-0.25, -0.2) is 9.97 Å². The van der Waals surface area contributed by atoms with Gasteiger partial charge in [-0.1, -0.05) is 11.6 Å². The normalized spacial score (nSPS) is 11.2. The average molecular weight is 305 g/mol. The summed E-state index contributed by atoms with van der Waals surface area (Å²) in [5.74, 6) is 0. The molecule has 0 aromatic carbocycles. The molecule has 0 radical (unpaired) electrons. The SMILES string of the molecule is CC(C)n1cc(-c2ccncn2)c(-c2ccc(Cl)s2)n1. The molecule has 0 amide bonds. The zero-order valence-electron chi connectivity index (χ0n) is 11.1.